The number of thiazole rings is 1. The predicted molar refractivity (Wildman–Crippen MR) is 130 cm³/mol. The van der Waals surface area contributed by atoms with Crippen molar-refractivity contribution in [3.63, 3.8) is 0 Å². The Morgan fingerprint density at radius 1 is 1.14 bits per heavy atom. The molecule has 184 valence electrons. The first-order chi connectivity index (χ1) is 16.8. The third-order valence-corrected chi connectivity index (χ3v) is 8.91. The molecule has 0 bridgehead atoms. The van der Waals surface area contributed by atoms with Crippen LogP contribution in [0.5, 0.6) is 11.5 Å². The van der Waals surface area contributed by atoms with Crippen molar-refractivity contribution in [2.24, 2.45) is 10.9 Å². The number of hydrogen-bond donors (Lipinski definition) is 0. The maximum absolute atomic E-state index is 13.2. The van der Waals surface area contributed by atoms with E-state index < -0.39 is 21.8 Å². The van der Waals surface area contributed by atoms with Gasteiger partial charge in [-0.15, -0.1) is 6.42 Å². The smallest absolute Gasteiger partial charge is 0.251 e. The second-order valence-corrected chi connectivity index (χ2v) is 10.8. The van der Waals surface area contributed by atoms with Crippen LogP contribution in [-0.2, 0) is 21.4 Å². The number of halogens is 1. The van der Waals surface area contributed by atoms with Crippen LogP contribution in [0.4, 0.5) is 4.39 Å². The Labute approximate surface area is 206 Å². The monoisotopic (exact) mass is 517 g/mol. The largest absolute Gasteiger partial charge is 0.495 e. The number of hydrogen-bond acceptors (Lipinski definition) is 6. The molecule has 2 aromatic carbocycles. The lowest BCUT2D eigenvalue weighted by atomic mass is 9.98. The van der Waals surface area contributed by atoms with Crippen LogP contribution in [0.25, 0.3) is 10.2 Å². The first-order valence-electron chi connectivity index (χ1n) is 10.8. The number of amides is 1. The van der Waals surface area contributed by atoms with E-state index in [4.69, 9.17) is 15.9 Å². The summed E-state index contributed by atoms with van der Waals surface area (Å²) in [6.45, 7) is 0.526. The molecule has 1 aliphatic rings. The maximum atomic E-state index is 13.2. The summed E-state index contributed by atoms with van der Waals surface area (Å²) in [5.74, 6) is 2.52. The lowest BCUT2D eigenvalue weighted by Gasteiger charge is -2.29. The average molecular weight is 518 g/mol. The number of terminal acetylenes is 1. The summed E-state index contributed by atoms with van der Waals surface area (Å²) in [6, 6.07) is 8.26. The van der Waals surface area contributed by atoms with Crippen LogP contribution in [0.2, 0.25) is 0 Å². The van der Waals surface area contributed by atoms with Crippen LogP contribution in [0.1, 0.15) is 12.8 Å². The number of sulfonamides is 1. The molecule has 1 fully saturated rings. The van der Waals surface area contributed by atoms with Crippen LogP contribution < -0.4 is 14.3 Å². The van der Waals surface area contributed by atoms with Gasteiger partial charge in [0.25, 0.3) is 5.91 Å². The fraction of sp³-hybridized carbons (Fsp3) is 0.333. The zero-order valence-electron chi connectivity index (χ0n) is 19.2. The fourth-order valence-corrected chi connectivity index (χ4v) is 6.68. The normalized spacial score (nSPS) is 15.8. The van der Waals surface area contributed by atoms with Crippen molar-refractivity contribution in [2.45, 2.75) is 24.3 Å². The van der Waals surface area contributed by atoms with Crippen molar-refractivity contribution < 1.29 is 27.1 Å². The Balaban J connectivity index is 1.60. The van der Waals surface area contributed by atoms with E-state index in [9.17, 15) is 17.6 Å². The zero-order valence-corrected chi connectivity index (χ0v) is 20.9. The third kappa shape index (κ3) is 4.82. The van der Waals surface area contributed by atoms with Gasteiger partial charge < -0.3 is 14.0 Å². The number of aromatic nitrogens is 1. The summed E-state index contributed by atoms with van der Waals surface area (Å²) in [5, 5.41) is 0. The minimum atomic E-state index is -3.76. The Hall–Kier alpha value is -3.20. The SMILES string of the molecule is C#CCn1c(=NC(=O)C2CCN(S(=O)(=O)c3ccc(F)cc3)CC2)sc2c(OC)ccc(OC)c21. The van der Waals surface area contributed by atoms with Gasteiger partial charge in [-0.05, 0) is 49.2 Å². The second kappa shape index (κ2) is 10.2. The van der Waals surface area contributed by atoms with E-state index in [1.807, 2.05) is 0 Å². The molecule has 3 aromatic rings. The number of methoxy groups -OCH3 is 2. The van der Waals surface area contributed by atoms with Gasteiger partial charge in [-0.25, -0.2) is 12.8 Å². The summed E-state index contributed by atoms with van der Waals surface area (Å²) in [7, 11) is -0.653. The van der Waals surface area contributed by atoms with Gasteiger partial charge in [0.2, 0.25) is 10.0 Å². The molecule has 1 saturated heterocycles. The lowest BCUT2D eigenvalue weighted by molar-refractivity contribution is -0.122. The Kier molecular flexibility index (Phi) is 7.25. The van der Waals surface area contributed by atoms with Gasteiger partial charge in [0.1, 0.15) is 27.5 Å². The molecule has 0 radical (unpaired) electrons. The number of piperidine rings is 1. The molecule has 0 spiro atoms. The molecular weight excluding hydrogens is 493 g/mol. The van der Waals surface area contributed by atoms with E-state index in [0.717, 1.165) is 16.8 Å². The second-order valence-electron chi connectivity index (χ2n) is 7.91. The molecule has 1 aromatic heterocycles. The van der Waals surface area contributed by atoms with Crippen molar-refractivity contribution in [2.75, 3.05) is 27.3 Å². The summed E-state index contributed by atoms with van der Waals surface area (Å²) >= 11 is 1.28. The van der Waals surface area contributed by atoms with Crippen molar-refractivity contribution in [1.29, 1.82) is 0 Å². The molecular formula is C24H24FN3O5S2. The number of rotatable bonds is 6. The highest BCUT2D eigenvalue weighted by molar-refractivity contribution is 7.89. The first-order valence-corrected chi connectivity index (χ1v) is 13.1. The summed E-state index contributed by atoms with van der Waals surface area (Å²) < 4.78 is 53.7. The quantitative estimate of drug-likeness (QED) is 0.469. The van der Waals surface area contributed by atoms with Crippen LogP contribution in [0, 0.1) is 24.1 Å². The highest BCUT2D eigenvalue weighted by atomic mass is 32.2. The zero-order chi connectivity index (χ0) is 25.2. The number of ether oxygens (including phenoxy) is 2. The molecule has 0 saturated carbocycles. The van der Waals surface area contributed by atoms with Crippen molar-refractivity contribution in [1.82, 2.24) is 8.87 Å². The van der Waals surface area contributed by atoms with Crippen molar-refractivity contribution in [3.05, 3.63) is 47.0 Å². The minimum absolute atomic E-state index is 0.0249. The first kappa shape index (κ1) is 24.9. The van der Waals surface area contributed by atoms with Crippen LogP contribution in [0.3, 0.4) is 0 Å². The van der Waals surface area contributed by atoms with Crippen LogP contribution >= 0.6 is 11.3 Å². The number of carbonyl (C=O) groups excluding carboxylic acids is 1. The summed E-state index contributed by atoms with van der Waals surface area (Å²) in [5.41, 5.74) is 0.696. The molecule has 4 rings (SSSR count). The molecule has 2 heterocycles. The Morgan fingerprint density at radius 3 is 2.37 bits per heavy atom. The van der Waals surface area contributed by atoms with Crippen molar-refractivity contribution >= 4 is 37.5 Å². The minimum Gasteiger partial charge on any atom is -0.495 e. The van der Waals surface area contributed by atoms with Gasteiger partial charge in [-0.2, -0.15) is 9.30 Å². The van der Waals surface area contributed by atoms with E-state index >= 15 is 0 Å². The van der Waals surface area contributed by atoms with E-state index in [2.05, 4.69) is 10.9 Å². The molecule has 0 unspecified atom stereocenters. The van der Waals surface area contributed by atoms with E-state index in [0.29, 0.717) is 34.7 Å². The van der Waals surface area contributed by atoms with Gasteiger partial charge in [0.05, 0.1) is 25.7 Å². The molecule has 0 atom stereocenters. The molecule has 0 N–H and O–H groups in total. The highest BCUT2D eigenvalue weighted by Crippen LogP contribution is 2.35. The highest BCUT2D eigenvalue weighted by Gasteiger charge is 2.32. The van der Waals surface area contributed by atoms with Gasteiger partial charge in [-0.1, -0.05) is 17.3 Å². The molecule has 11 heteroatoms. The number of nitrogens with zero attached hydrogens (tertiary/aromatic N) is 3. The molecule has 35 heavy (non-hydrogen) atoms. The maximum Gasteiger partial charge on any atom is 0.251 e. The van der Waals surface area contributed by atoms with E-state index in [1.54, 1.807) is 30.9 Å². The summed E-state index contributed by atoms with van der Waals surface area (Å²) in [4.78, 5) is 17.9. The standard InChI is InChI=1S/C24H24FN3O5S2/c1-4-13-28-21-19(32-2)9-10-20(33-3)22(21)34-24(28)26-23(29)16-11-14-27(15-12-16)35(30,31)18-7-5-17(25)6-8-18/h1,5-10,16H,11-15H2,2-3H3. The summed E-state index contributed by atoms with van der Waals surface area (Å²) in [6.07, 6.45) is 6.24. The van der Waals surface area contributed by atoms with Crippen LogP contribution in [-0.4, -0.2) is 50.5 Å². The van der Waals surface area contributed by atoms with Gasteiger partial charge in [0.15, 0.2) is 4.80 Å². The average Bonchev–Trinajstić information content (AvgIpc) is 3.22. The number of carbonyl (C=O) groups is 1. The fourth-order valence-electron chi connectivity index (χ4n) is 4.06. The molecule has 1 aliphatic heterocycles. The lowest BCUT2D eigenvalue weighted by Crippen LogP contribution is -2.40. The number of benzene rings is 2. The molecule has 0 aliphatic carbocycles. The molecule has 1 amide bonds. The Bertz CT molecular complexity index is 1460. The predicted octanol–water partition coefficient (Wildman–Crippen LogP) is 3.02. The van der Waals surface area contributed by atoms with Gasteiger partial charge >= 0.3 is 0 Å². The van der Waals surface area contributed by atoms with Crippen LogP contribution in [0.15, 0.2) is 46.3 Å². The molecule has 8 nitrogen and oxygen atoms in total. The topological polar surface area (TPSA) is 90.2 Å². The van der Waals surface area contributed by atoms with Gasteiger partial charge in [0, 0.05) is 19.0 Å². The number of fused-ring (bicyclic) bond motifs is 1. The Morgan fingerprint density at radius 2 is 1.77 bits per heavy atom. The van der Waals surface area contributed by atoms with E-state index in [1.165, 1.54) is 27.8 Å². The van der Waals surface area contributed by atoms with Crippen molar-refractivity contribution in [3.8, 4) is 23.8 Å². The van der Waals surface area contributed by atoms with E-state index in [-0.39, 0.29) is 30.4 Å². The van der Waals surface area contributed by atoms with Gasteiger partial charge in [-0.3, -0.25) is 4.79 Å². The third-order valence-electron chi connectivity index (χ3n) is 5.90.